The molecular weight excluding hydrogens is 160 g/mol. The van der Waals surface area contributed by atoms with Crippen molar-refractivity contribution in [1.82, 2.24) is 9.78 Å². The molecule has 0 saturated carbocycles. The average molecular weight is 180 g/mol. The van der Waals surface area contributed by atoms with Crippen LogP contribution in [0.25, 0.3) is 0 Å². The fraction of sp³-hybridized carbons (Fsp3) is 0.727. The van der Waals surface area contributed by atoms with Crippen molar-refractivity contribution >= 4 is 0 Å². The highest BCUT2D eigenvalue weighted by Gasteiger charge is 2.19. The fourth-order valence-electron chi connectivity index (χ4n) is 1.39. The number of hydrogen-bond acceptors (Lipinski definition) is 1. The molecule has 0 unspecified atom stereocenters. The molecule has 0 fully saturated rings. The molecule has 0 aliphatic rings. The molecule has 0 radical (unpaired) electrons. The minimum Gasteiger partial charge on any atom is -0.272 e. The third-order valence-corrected chi connectivity index (χ3v) is 2.28. The molecule has 1 rings (SSSR count). The summed E-state index contributed by atoms with van der Waals surface area (Å²) in [4.78, 5) is 0. The quantitative estimate of drug-likeness (QED) is 0.650. The van der Waals surface area contributed by atoms with Crippen LogP contribution in [-0.4, -0.2) is 9.78 Å². The van der Waals surface area contributed by atoms with E-state index in [9.17, 15) is 0 Å². The molecule has 0 amide bonds. The van der Waals surface area contributed by atoms with Gasteiger partial charge in [-0.15, -0.1) is 0 Å². The van der Waals surface area contributed by atoms with Gasteiger partial charge in [0, 0.05) is 18.2 Å². The Kier molecular flexibility index (Phi) is 2.51. The highest BCUT2D eigenvalue weighted by atomic mass is 15.3. The van der Waals surface area contributed by atoms with Crippen molar-refractivity contribution in [3.05, 3.63) is 17.5 Å². The van der Waals surface area contributed by atoms with Crippen molar-refractivity contribution in [1.29, 1.82) is 0 Å². The first-order chi connectivity index (χ1) is 5.82. The summed E-state index contributed by atoms with van der Waals surface area (Å²) in [6, 6.07) is 2.21. The van der Waals surface area contributed by atoms with Crippen LogP contribution in [0.5, 0.6) is 0 Å². The normalized spacial score (nSPS) is 12.5. The van der Waals surface area contributed by atoms with Gasteiger partial charge < -0.3 is 0 Å². The summed E-state index contributed by atoms with van der Waals surface area (Å²) < 4.78 is 1.99. The number of hydrogen-bond donors (Lipinski definition) is 0. The highest BCUT2D eigenvalue weighted by molar-refractivity contribution is 5.19. The molecule has 0 atom stereocenters. The minimum absolute atomic E-state index is 0.158. The van der Waals surface area contributed by atoms with E-state index in [-0.39, 0.29) is 5.41 Å². The predicted octanol–water partition coefficient (Wildman–Crippen LogP) is 2.84. The van der Waals surface area contributed by atoms with E-state index in [1.165, 1.54) is 11.4 Å². The van der Waals surface area contributed by atoms with Crippen molar-refractivity contribution in [2.75, 3.05) is 0 Å². The standard InChI is InChI=1S/C11H20N2/c1-8(2)9-7-10(11(3,4)5)12-13(9)6/h7-8H,1-6H3. The zero-order valence-electron chi connectivity index (χ0n) is 9.55. The average Bonchev–Trinajstić information content (AvgIpc) is 2.29. The smallest absolute Gasteiger partial charge is 0.0680 e. The lowest BCUT2D eigenvalue weighted by atomic mass is 9.92. The van der Waals surface area contributed by atoms with Crippen molar-refractivity contribution < 1.29 is 0 Å². The molecule has 0 aromatic carbocycles. The van der Waals surface area contributed by atoms with Gasteiger partial charge in [0.05, 0.1) is 5.69 Å². The van der Waals surface area contributed by atoms with E-state index < -0.39 is 0 Å². The number of aryl methyl sites for hydroxylation is 1. The Labute approximate surface area is 81.0 Å². The lowest BCUT2D eigenvalue weighted by molar-refractivity contribution is 0.550. The Balaban J connectivity index is 3.10. The maximum atomic E-state index is 4.52. The highest BCUT2D eigenvalue weighted by Crippen LogP contribution is 2.24. The second kappa shape index (κ2) is 3.17. The first-order valence-corrected chi connectivity index (χ1v) is 4.87. The Bertz CT molecular complexity index is 290. The maximum Gasteiger partial charge on any atom is 0.0680 e. The maximum absolute atomic E-state index is 4.52. The summed E-state index contributed by atoms with van der Waals surface area (Å²) in [7, 11) is 2.02. The lowest BCUT2D eigenvalue weighted by Gasteiger charge is -2.13. The molecule has 1 heterocycles. The van der Waals surface area contributed by atoms with Gasteiger partial charge in [0.1, 0.15) is 0 Å². The minimum atomic E-state index is 0.158. The zero-order valence-corrected chi connectivity index (χ0v) is 9.55. The van der Waals surface area contributed by atoms with Crippen LogP contribution in [0.15, 0.2) is 6.07 Å². The first kappa shape index (κ1) is 10.3. The zero-order chi connectivity index (χ0) is 10.2. The predicted molar refractivity (Wildman–Crippen MR) is 56.0 cm³/mol. The second-order valence-corrected chi connectivity index (χ2v) is 4.98. The van der Waals surface area contributed by atoms with Gasteiger partial charge in [-0.05, 0) is 12.0 Å². The Morgan fingerprint density at radius 2 is 1.85 bits per heavy atom. The number of nitrogens with zero attached hydrogens (tertiary/aromatic N) is 2. The van der Waals surface area contributed by atoms with Gasteiger partial charge >= 0.3 is 0 Å². The monoisotopic (exact) mass is 180 g/mol. The van der Waals surface area contributed by atoms with Gasteiger partial charge in [-0.3, -0.25) is 4.68 Å². The molecule has 2 nitrogen and oxygen atoms in total. The Morgan fingerprint density at radius 3 is 2.08 bits per heavy atom. The van der Waals surface area contributed by atoms with Crippen molar-refractivity contribution in [2.24, 2.45) is 7.05 Å². The van der Waals surface area contributed by atoms with Crippen LogP contribution in [-0.2, 0) is 12.5 Å². The van der Waals surface area contributed by atoms with Gasteiger partial charge in [0.25, 0.3) is 0 Å². The summed E-state index contributed by atoms with van der Waals surface area (Å²) in [5.74, 6) is 0.550. The Hall–Kier alpha value is -0.790. The van der Waals surface area contributed by atoms with E-state index in [0.717, 1.165) is 0 Å². The number of aromatic nitrogens is 2. The van der Waals surface area contributed by atoms with Crippen molar-refractivity contribution in [3.8, 4) is 0 Å². The molecule has 0 aliphatic carbocycles. The summed E-state index contributed by atoms with van der Waals surface area (Å²) in [5.41, 5.74) is 2.65. The third kappa shape index (κ3) is 2.11. The van der Waals surface area contributed by atoms with E-state index in [0.29, 0.717) is 5.92 Å². The van der Waals surface area contributed by atoms with Gasteiger partial charge in [-0.1, -0.05) is 34.6 Å². The fourth-order valence-corrected chi connectivity index (χ4v) is 1.39. The third-order valence-electron chi connectivity index (χ3n) is 2.28. The molecule has 74 valence electrons. The molecule has 13 heavy (non-hydrogen) atoms. The molecule has 0 aliphatic heterocycles. The van der Waals surface area contributed by atoms with Crippen LogP contribution in [0.2, 0.25) is 0 Å². The van der Waals surface area contributed by atoms with Crippen LogP contribution >= 0.6 is 0 Å². The summed E-state index contributed by atoms with van der Waals surface area (Å²) in [6.45, 7) is 11.0. The van der Waals surface area contributed by atoms with E-state index in [1.54, 1.807) is 0 Å². The van der Waals surface area contributed by atoms with Gasteiger partial charge in [-0.2, -0.15) is 5.10 Å². The molecule has 1 aromatic rings. The molecule has 0 bridgehead atoms. The van der Waals surface area contributed by atoms with Crippen molar-refractivity contribution in [3.63, 3.8) is 0 Å². The Morgan fingerprint density at radius 1 is 1.31 bits per heavy atom. The van der Waals surface area contributed by atoms with E-state index in [1.807, 2.05) is 11.7 Å². The molecule has 0 N–H and O–H groups in total. The number of rotatable bonds is 1. The van der Waals surface area contributed by atoms with E-state index in [2.05, 4.69) is 45.8 Å². The summed E-state index contributed by atoms with van der Waals surface area (Å²) >= 11 is 0. The van der Waals surface area contributed by atoms with Crippen molar-refractivity contribution in [2.45, 2.75) is 46.0 Å². The summed E-state index contributed by atoms with van der Waals surface area (Å²) in [5, 5.41) is 4.52. The largest absolute Gasteiger partial charge is 0.272 e. The topological polar surface area (TPSA) is 17.8 Å². The molecule has 0 spiro atoms. The molecule has 1 aromatic heterocycles. The lowest BCUT2D eigenvalue weighted by Crippen LogP contribution is -2.12. The summed E-state index contributed by atoms with van der Waals surface area (Å²) in [6.07, 6.45) is 0. The first-order valence-electron chi connectivity index (χ1n) is 4.87. The van der Waals surface area contributed by atoms with Gasteiger partial charge in [0.15, 0.2) is 0 Å². The van der Waals surface area contributed by atoms with Crippen LogP contribution in [0.1, 0.15) is 51.9 Å². The van der Waals surface area contributed by atoms with E-state index in [4.69, 9.17) is 0 Å². The van der Waals surface area contributed by atoms with Gasteiger partial charge in [0.2, 0.25) is 0 Å². The van der Waals surface area contributed by atoms with Crippen LogP contribution in [0, 0.1) is 0 Å². The van der Waals surface area contributed by atoms with Crippen LogP contribution < -0.4 is 0 Å². The van der Waals surface area contributed by atoms with Crippen LogP contribution in [0.4, 0.5) is 0 Å². The SMILES string of the molecule is CC(C)c1cc(C(C)(C)C)nn1C. The van der Waals surface area contributed by atoms with Gasteiger partial charge in [-0.25, -0.2) is 0 Å². The molecular formula is C11H20N2. The van der Waals surface area contributed by atoms with Crippen LogP contribution in [0.3, 0.4) is 0 Å². The molecule has 2 heteroatoms. The second-order valence-electron chi connectivity index (χ2n) is 4.98. The molecule has 0 saturated heterocycles. The van der Waals surface area contributed by atoms with E-state index >= 15 is 0 Å².